The number of halogens is 2. The van der Waals surface area contributed by atoms with Crippen LogP contribution in [-0.4, -0.2) is 54.8 Å². The smallest absolute Gasteiger partial charge is 0.318 e. The maximum absolute atomic E-state index is 14.9. The zero-order valence-corrected chi connectivity index (χ0v) is 19.1. The Balaban J connectivity index is 1.65. The summed E-state index contributed by atoms with van der Waals surface area (Å²) in [5, 5.41) is 2.92. The second kappa shape index (κ2) is 11.3. The number of alkyl halides is 1. The number of rotatable bonds is 8. The molecule has 1 saturated heterocycles. The van der Waals surface area contributed by atoms with E-state index in [1.807, 2.05) is 36.2 Å². The van der Waals surface area contributed by atoms with Gasteiger partial charge in [0.2, 0.25) is 0 Å². The van der Waals surface area contributed by atoms with Crippen molar-refractivity contribution in [1.82, 2.24) is 15.1 Å². The zero-order valence-electron chi connectivity index (χ0n) is 19.1. The lowest BCUT2D eigenvalue weighted by molar-refractivity contribution is 0.0571. The molecule has 1 N–H and O–H groups in total. The average Bonchev–Trinajstić information content (AvgIpc) is 2.77. The molecule has 0 aliphatic carbocycles. The molecule has 3 rings (SSSR count). The van der Waals surface area contributed by atoms with Crippen LogP contribution in [0, 0.1) is 11.7 Å². The largest absolute Gasteiger partial charge is 0.493 e. The molecule has 1 aliphatic rings. The monoisotopic (exact) mass is 445 g/mol. The number of carbonyl (C=O) groups excluding carboxylic acids is 1. The van der Waals surface area contributed by atoms with Gasteiger partial charge in [0.1, 0.15) is 17.7 Å². The Morgan fingerprint density at radius 2 is 1.81 bits per heavy atom. The molecule has 0 unspecified atom stereocenters. The van der Waals surface area contributed by atoms with E-state index in [0.29, 0.717) is 25.5 Å². The van der Waals surface area contributed by atoms with Crippen LogP contribution in [0.5, 0.6) is 5.75 Å². The summed E-state index contributed by atoms with van der Waals surface area (Å²) < 4.78 is 33.9. The standard InChI is InChI=1S/C25H33F2N3O2/c1-18(2)17-32-22-10-6-19(7-11-22)14-28-25(31)30(15-20-4-8-21(26)9-5-20)24-12-13-29(3)16-23(24)27/h4-11,18,23-24H,12-17H2,1-3H3,(H,28,31)/t23-,24-/m0/s1. The van der Waals surface area contributed by atoms with Gasteiger partial charge in [0.15, 0.2) is 0 Å². The highest BCUT2D eigenvalue weighted by atomic mass is 19.1. The molecule has 1 fully saturated rings. The maximum Gasteiger partial charge on any atom is 0.318 e. The molecule has 7 heteroatoms. The first-order valence-electron chi connectivity index (χ1n) is 11.1. The molecule has 0 bridgehead atoms. The second-order valence-corrected chi connectivity index (χ2v) is 8.90. The Kier molecular flexibility index (Phi) is 8.45. The summed E-state index contributed by atoms with van der Waals surface area (Å²) in [6.45, 7) is 6.39. The van der Waals surface area contributed by atoms with Crippen LogP contribution in [0.2, 0.25) is 0 Å². The lowest BCUT2D eigenvalue weighted by Gasteiger charge is -2.39. The number of likely N-dealkylation sites (tertiary alicyclic amines) is 1. The Labute approximate surface area is 189 Å². The maximum atomic E-state index is 14.9. The van der Waals surface area contributed by atoms with Crippen LogP contribution in [0.1, 0.15) is 31.4 Å². The summed E-state index contributed by atoms with van der Waals surface area (Å²) in [4.78, 5) is 16.6. The fraction of sp³-hybridized carbons (Fsp3) is 0.480. The minimum atomic E-state index is -1.14. The van der Waals surface area contributed by atoms with Crippen LogP contribution >= 0.6 is 0 Å². The average molecular weight is 446 g/mol. The predicted octanol–water partition coefficient (Wildman–Crippen LogP) is 4.61. The van der Waals surface area contributed by atoms with Crippen molar-refractivity contribution < 1.29 is 18.3 Å². The Morgan fingerprint density at radius 1 is 1.16 bits per heavy atom. The SMILES string of the molecule is CC(C)COc1ccc(CNC(=O)N(Cc2ccc(F)cc2)[C@H]2CCN(C)C[C@@H]2F)cc1. The lowest BCUT2D eigenvalue weighted by atomic mass is 10.0. The van der Waals surface area contributed by atoms with Crippen molar-refractivity contribution in [2.45, 2.75) is 45.6 Å². The lowest BCUT2D eigenvalue weighted by Crippen LogP contribution is -2.55. The van der Waals surface area contributed by atoms with Gasteiger partial charge in [-0.25, -0.2) is 13.6 Å². The Bertz CT molecular complexity index is 858. The molecule has 0 radical (unpaired) electrons. The van der Waals surface area contributed by atoms with Gasteiger partial charge in [0.25, 0.3) is 0 Å². The number of piperidine rings is 1. The Hall–Kier alpha value is -2.67. The molecule has 0 saturated carbocycles. The van der Waals surface area contributed by atoms with Gasteiger partial charge in [-0.2, -0.15) is 0 Å². The number of nitrogens with one attached hydrogen (secondary N) is 1. The summed E-state index contributed by atoms with van der Waals surface area (Å²) in [5.74, 6) is 0.895. The van der Waals surface area contributed by atoms with E-state index in [1.54, 1.807) is 17.0 Å². The van der Waals surface area contributed by atoms with Gasteiger partial charge in [0, 0.05) is 26.2 Å². The number of ether oxygens (including phenoxy) is 1. The summed E-state index contributed by atoms with van der Waals surface area (Å²) in [5.41, 5.74) is 1.69. The summed E-state index contributed by atoms with van der Waals surface area (Å²) in [7, 11) is 1.88. The molecule has 5 nitrogen and oxygen atoms in total. The molecule has 32 heavy (non-hydrogen) atoms. The molecule has 2 aromatic rings. The van der Waals surface area contributed by atoms with Crippen LogP contribution in [0.4, 0.5) is 13.6 Å². The van der Waals surface area contributed by atoms with Crippen molar-refractivity contribution in [3.05, 3.63) is 65.5 Å². The molecule has 2 amide bonds. The minimum Gasteiger partial charge on any atom is -0.493 e. The van der Waals surface area contributed by atoms with Crippen molar-refractivity contribution >= 4 is 6.03 Å². The molecule has 1 aliphatic heterocycles. The van der Waals surface area contributed by atoms with Crippen LogP contribution < -0.4 is 10.1 Å². The van der Waals surface area contributed by atoms with Crippen LogP contribution in [0.15, 0.2) is 48.5 Å². The normalized spacial score (nSPS) is 19.1. The molecule has 0 spiro atoms. The number of carbonyl (C=O) groups is 1. The number of nitrogens with zero attached hydrogens (tertiary/aromatic N) is 2. The van der Waals surface area contributed by atoms with E-state index in [-0.39, 0.29) is 24.9 Å². The van der Waals surface area contributed by atoms with Crippen LogP contribution in [0.25, 0.3) is 0 Å². The summed E-state index contributed by atoms with van der Waals surface area (Å²) in [6, 6.07) is 12.7. The molecule has 1 heterocycles. The Morgan fingerprint density at radius 3 is 2.44 bits per heavy atom. The van der Waals surface area contributed by atoms with E-state index in [1.165, 1.54) is 12.1 Å². The van der Waals surface area contributed by atoms with Crippen molar-refractivity contribution in [3.8, 4) is 5.75 Å². The van der Waals surface area contributed by atoms with E-state index in [0.717, 1.165) is 23.4 Å². The molecule has 174 valence electrons. The number of benzene rings is 2. The first-order chi connectivity index (χ1) is 15.3. The first kappa shape index (κ1) is 24.0. The van der Waals surface area contributed by atoms with Crippen molar-refractivity contribution in [1.29, 1.82) is 0 Å². The molecule has 2 aromatic carbocycles. The van der Waals surface area contributed by atoms with Crippen LogP contribution in [-0.2, 0) is 13.1 Å². The third-order valence-corrected chi connectivity index (χ3v) is 5.59. The van der Waals surface area contributed by atoms with E-state index >= 15 is 0 Å². The van der Waals surface area contributed by atoms with Gasteiger partial charge >= 0.3 is 6.03 Å². The first-order valence-corrected chi connectivity index (χ1v) is 11.1. The number of hydrogen-bond donors (Lipinski definition) is 1. The van der Waals surface area contributed by atoms with Crippen molar-refractivity contribution in [2.24, 2.45) is 5.92 Å². The summed E-state index contributed by atoms with van der Waals surface area (Å²) in [6.07, 6.45) is -0.592. The van der Waals surface area contributed by atoms with Gasteiger partial charge < -0.3 is 19.9 Å². The number of amides is 2. The molecular formula is C25H33F2N3O2. The molecular weight excluding hydrogens is 412 g/mol. The number of urea groups is 1. The van der Waals surface area contributed by atoms with E-state index in [2.05, 4.69) is 19.2 Å². The minimum absolute atomic E-state index is 0.225. The highest BCUT2D eigenvalue weighted by molar-refractivity contribution is 5.74. The molecule has 2 atom stereocenters. The van der Waals surface area contributed by atoms with E-state index in [4.69, 9.17) is 4.74 Å². The quantitative estimate of drug-likeness (QED) is 0.645. The fourth-order valence-electron chi connectivity index (χ4n) is 3.77. The predicted molar refractivity (Wildman–Crippen MR) is 122 cm³/mol. The van der Waals surface area contributed by atoms with Crippen LogP contribution in [0.3, 0.4) is 0 Å². The van der Waals surface area contributed by atoms with Gasteiger partial charge in [0.05, 0.1) is 12.6 Å². The van der Waals surface area contributed by atoms with Gasteiger partial charge in [-0.1, -0.05) is 38.1 Å². The summed E-state index contributed by atoms with van der Waals surface area (Å²) >= 11 is 0. The fourth-order valence-corrected chi connectivity index (χ4v) is 3.77. The van der Waals surface area contributed by atoms with Gasteiger partial charge in [-0.3, -0.25) is 0 Å². The molecule has 0 aromatic heterocycles. The van der Waals surface area contributed by atoms with Gasteiger partial charge in [-0.15, -0.1) is 0 Å². The highest BCUT2D eigenvalue weighted by Crippen LogP contribution is 2.22. The van der Waals surface area contributed by atoms with Crippen molar-refractivity contribution in [2.75, 3.05) is 26.7 Å². The topological polar surface area (TPSA) is 44.8 Å². The third-order valence-electron chi connectivity index (χ3n) is 5.59. The van der Waals surface area contributed by atoms with Crippen molar-refractivity contribution in [3.63, 3.8) is 0 Å². The highest BCUT2D eigenvalue weighted by Gasteiger charge is 2.35. The zero-order chi connectivity index (χ0) is 23.1. The third kappa shape index (κ3) is 6.92. The number of hydrogen-bond acceptors (Lipinski definition) is 3. The van der Waals surface area contributed by atoms with E-state index in [9.17, 15) is 13.6 Å². The second-order valence-electron chi connectivity index (χ2n) is 8.90. The van der Waals surface area contributed by atoms with Gasteiger partial charge in [-0.05, 0) is 54.8 Å². The van der Waals surface area contributed by atoms with E-state index < -0.39 is 12.2 Å².